The highest BCUT2D eigenvalue weighted by atomic mass is 16.5. The van der Waals surface area contributed by atoms with E-state index in [1.165, 1.54) is 5.56 Å². The summed E-state index contributed by atoms with van der Waals surface area (Å²) >= 11 is 0. The van der Waals surface area contributed by atoms with E-state index >= 15 is 0 Å². The Balaban J connectivity index is 2.63. The van der Waals surface area contributed by atoms with E-state index in [2.05, 4.69) is 18.3 Å². The predicted octanol–water partition coefficient (Wildman–Crippen LogP) is 2.25. The highest BCUT2D eigenvalue weighted by Gasteiger charge is 2.12. The highest BCUT2D eigenvalue weighted by Crippen LogP contribution is 2.21. The molecule has 0 fully saturated rings. The Hall–Kier alpha value is -1.06. The van der Waals surface area contributed by atoms with Gasteiger partial charge in [-0.05, 0) is 33.9 Å². The van der Waals surface area contributed by atoms with Crippen LogP contribution in [0.1, 0.15) is 31.4 Å². The molecule has 0 saturated heterocycles. The van der Waals surface area contributed by atoms with Crippen LogP contribution >= 0.6 is 0 Å². The number of ether oxygens (including phenoxy) is 1. The largest absolute Gasteiger partial charge is 0.493 e. The molecule has 2 N–H and O–H groups in total. The molecule has 0 amide bonds. The fourth-order valence-electron chi connectivity index (χ4n) is 1.59. The number of nitrogens with one attached hydrogen (secondary N) is 1. The normalized spacial score (nSPS) is 11.6. The molecule has 0 radical (unpaired) electrons. The van der Waals surface area contributed by atoms with Gasteiger partial charge >= 0.3 is 0 Å². The summed E-state index contributed by atoms with van der Waals surface area (Å²) in [5.41, 5.74) is 1.71. The lowest BCUT2D eigenvalue weighted by molar-refractivity contribution is 0.0552. The Morgan fingerprint density at radius 2 is 2.06 bits per heavy atom. The Morgan fingerprint density at radius 3 is 2.65 bits per heavy atom. The van der Waals surface area contributed by atoms with Crippen LogP contribution in [0.25, 0.3) is 0 Å². The SMILES string of the molecule is CNCc1cc(C)ccc1OCCC(C)(C)O. The standard InChI is InChI=1S/C14H23NO2/c1-11-5-6-13(12(9-11)10-15-4)17-8-7-14(2,3)16/h5-6,9,15-16H,7-8,10H2,1-4H3. The summed E-state index contributed by atoms with van der Waals surface area (Å²) in [4.78, 5) is 0. The zero-order valence-electron chi connectivity index (χ0n) is 11.2. The van der Waals surface area contributed by atoms with Gasteiger partial charge in [0.2, 0.25) is 0 Å². The first-order valence-corrected chi connectivity index (χ1v) is 6.02. The van der Waals surface area contributed by atoms with Gasteiger partial charge in [-0.25, -0.2) is 0 Å². The van der Waals surface area contributed by atoms with Crippen LogP contribution in [0.3, 0.4) is 0 Å². The van der Waals surface area contributed by atoms with E-state index in [0.717, 1.165) is 17.9 Å². The van der Waals surface area contributed by atoms with Crippen LogP contribution in [0, 0.1) is 6.92 Å². The number of benzene rings is 1. The van der Waals surface area contributed by atoms with E-state index in [1.54, 1.807) is 13.8 Å². The predicted molar refractivity (Wildman–Crippen MR) is 70.4 cm³/mol. The van der Waals surface area contributed by atoms with Gasteiger partial charge in [-0.2, -0.15) is 0 Å². The Labute approximate surface area is 104 Å². The molecule has 1 rings (SSSR count). The van der Waals surface area contributed by atoms with Crippen molar-refractivity contribution < 1.29 is 9.84 Å². The van der Waals surface area contributed by atoms with Crippen molar-refractivity contribution in [3.8, 4) is 5.75 Å². The summed E-state index contributed by atoms with van der Waals surface area (Å²) in [5.74, 6) is 0.897. The third-order valence-electron chi connectivity index (χ3n) is 2.55. The van der Waals surface area contributed by atoms with Crippen molar-refractivity contribution in [2.45, 2.75) is 39.3 Å². The second-order valence-electron chi connectivity index (χ2n) is 5.05. The molecule has 3 nitrogen and oxygen atoms in total. The van der Waals surface area contributed by atoms with Crippen LogP contribution in [-0.2, 0) is 6.54 Å². The molecule has 1 aromatic carbocycles. The average molecular weight is 237 g/mol. The van der Waals surface area contributed by atoms with Gasteiger partial charge in [0, 0.05) is 18.5 Å². The smallest absolute Gasteiger partial charge is 0.123 e. The minimum Gasteiger partial charge on any atom is -0.493 e. The monoisotopic (exact) mass is 237 g/mol. The van der Waals surface area contributed by atoms with E-state index in [-0.39, 0.29) is 0 Å². The summed E-state index contributed by atoms with van der Waals surface area (Å²) in [5, 5.41) is 12.7. The first-order chi connectivity index (χ1) is 7.92. The van der Waals surface area contributed by atoms with E-state index in [4.69, 9.17) is 4.74 Å². The Bertz CT molecular complexity index is 356. The van der Waals surface area contributed by atoms with E-state index in [0.29, 0.717) is 13.0 Å². The lowest BCUT2D eigenvalue weighted by Gasteiger charge is -2.18. The second-order valence-corrected chi connectivity index (χ2v) is 5.05. The van der Waals surface area contributed by atoms with Crippen LogP contribution in [0.15, 0.2) is 18.2 Å². The summed E-state index contributed by atoms with van der Waals surface area (Å²) in [6, 6.07) is 6.15. The number of hydrogen-bond donors (Lipinski definition) is 2. The van der Waals surface area contributed by atoms with Crippen LogP contribution in [0.2, 0.25) is 0 Å². The van der Waals surface area contributed by atoms with Crippen molar-refractivity contribution in [2.24, 2.45) is 0 Å². The van der Waals surface area contributed by atoms with Gasteiger partial charge in [-0.1, -0.05) is 17.7 Å². The molecule has 0 aromatic heterocycles. The van der Waals surface area contributed by atoms with Gasteiger partial charge < -0.3 is 15.2 Å². The minimum atomic E-state index is -0.673. The van der Waals surface area contributed by atoms with Crippen LogP contribution in [0.5, 0.6) is 5.75 Å². The Morgan fingerprint density at radius 1 is 1.35 bits per heavy atom. The zero-order chi connectivity index (χ0) is 12.9. The van der Waals surface area contributed by atoms with Crippen molar-refractivity contribution in [2.75, 3.05) is 13.7 Å². The molecular weight excluding hydrogens is 214 g/mol. The maximum absolute atomic E-state index is 9.62. The maximum Gasteiger partial charge on any atom is 0.123 e. The summed E-state index contributed by atoms with van der Waals surface area (Å²) < 4.78 is 5.72. The van der Waals surface area contributed by atoms with Gasteiger partial charge in [0.1, 0.15) is 5.75 Å². The Kier molecular flexibility index (Phi) is 4.97. The summed E-state index contributed by atoms with van der Waals surface area (Å²) in [6.07, 6.45) is 0.625. The second kappa shape index (κ2) is 6.03. The molecule has 0 aliphatic rings. The first-order valence-electron chi connectivity index (χ1n) is 6.02. The van der Waals surface area contributed by atoms with Crippen LogP contribution in [0.4, 0.5) is 0 Å². The third-order valence-corrected chi connectivity index (χ3v) is 2.55. The van der Waals surface area contributed by atoms with Crippen molar-refractivity contribution in [3.63, 3.8) is 0 Å². The number of aryl methyl sites for hydroxylation is 1. The molecule has 0 aliphatic heterocycles. The minimum absolute atomic E-state index is 0.531. The molecule has 0 unspecified atom stereocenters. The number of aliphatic hydroxyl groups is 1. The van der Waals surface area contributed by atoms with Crippen LogP contribution < -0.4 is 10.1 Å². The van der Waals surface area contributed by atoms with Crippen molar-refractivity contribution in [3.05, 3.63) is 29.3 Å². The summed E-state index contributed by atoms with van der Waals surface area (Å²) in [6.45, 7) is 6.97. The van der Waals surface area contributed by atoms with E-state index in [9.17, 15) is 5.11 Å². The molecule has 0 heterocycles. The van der Waals surface area contributed by atoms with Crippen molar-refractivity contribution in [1.29, 1.82) is 0 Å². The fraction of sp³-hybridized carbons (Fsp3) is 0.571. The molecule has 0 atom stereocenters. The molecule has 0 saturated carbocycles. The van der Waals surface area contributed by atoms with Crippen molar-refractivity contribution >= 4 is 0 Å². The lowest BCUT2D eigenvalue weighted by atomic mass is 10.1. The molecule has 0 bridgehead atoms. The van der Waals surface area contributed by atoms with Gasteiger partial charge in [-0.15, -0.1) is 0 Å². The third kappa shape index (κ3) is 5.20. The molecule has 1 aromatic rings. The van der Waals surface area contributed by atoms with Gasteiger partial charge in [-0.3, -0.25) is 0 Å². The summed E-state index contributed by atoms with van der Waals surface area (Å²) in [7, 11) is 1.92. The van der Waals surface area contributed by atoms with Gasteiger partial charge in [0.15, 0.2) is 0 Å². The first kappa shape index (κ1) is 14.0. The van der Waals surface area contributed by atoms with Crippen molar-refractivity contribution in [1.82, 2.24) is 5.32 Å². The molecule has 3 heteroatoms. The molecule has 96 valence electrons. The van der Waals surface area contributed by atoms with Gasteiger partial charge in [0.25, 0.3) is 0 Å². The number of hydrogen-bond acceptors (Lipinski definition) is 3. The van der Waals surface area contributed by atoms with E-state index < -0.39 is 5.60 Å². The molecular formula is C14H23NO2. The molecule has 17 heavy (non-hydrogen) atoms. The fourth-order valence-corrected chi connectivity index (χ4v) is 1.59. The number of rotatable bonds is 6. The molecule has 0 spiro atoms. The quantitative estimate of drug-likeness (QED) is 0.797. The highest BCUT2D eigenvalue weighted by molar-refractivity contribution is 5.36. The maximum atomic E-state index is 9.62. The lowest BCUT2D eigenvalue weighted by Crippen LogP contribution is -2.22. The topological polar surface area (TPSA) is 41.5 Å². The van der Waals surface area contributed by atoms with Gasteiger partial charge in [0.05, 0.1) is 12.2 Å². The molecule has 0 aliphatic carbocycles. The van der Waals surface area contributed by atoms with E-state index in [1.807, 2.05) is 19.2 Å². The van der Waals surface area contributed by atoms with Crippen LogP contribution in [-0.4, -0.2) is 24.4 Å². The zero-order valence-corrected chi connectivity index (χ0v) is 11.2. The average Bonchev–Trinajstić information content (AvgIpc) is 2.20.